The van der Waals surface area contributed by atoms with Crippen LogP contribution in [0.5, 0.6) is 11.5 Å². The Morgan fingerprint density at radius 3 is 2.79 bits per heavy atom. The van der Waals surface area contributed by atoms with Gasteiger partial charge in [-0.2, -0.15) is 9.62 Å². The normalized spacial score (nSPS) is 13.9. The van der Waals surface area contributed by atoms with Crippen molar-refractivity contribution < 1.29 is 22.9 Å². The maximum atomic E-state index is 13.9. The summed E-state index contributed by atoms with van der Waals surface area (Å²) in [5.74, 6) is 0.920. The number of carbonyl (C=O) groups is 1. The summed E-state index contributed by atoms with van der Waals surface area (Å²) >= 11 is 0. The van der Waals surface area contributed by atoms with Crippen LogP contribution in [0.25, 0.3) is 10.9 Å². The molecule has 0 spiro atoms. The van der Waals surface area contributed by atoms with Crippen LogP contribution in [0.4, 0.5) is 21.6 Å². The van der Waals surface area contributed by atoms with Crippen LogP contribution < -0.4 is 20.1 Å². The largest absolute Gasteiger partial charge is 0.496 e. The quantitative estimate of drug-likeness (QED) is 0.465. The van der Waals surface area contributed by atoms with Crippen molar-refractivity contribution in [1.82, 2.24) is 15.3 Å². The number of hydrogen-bond donors (Lipinski definition) is 2. The average molecular weight is 485 g/mol. The summed E-state index contributed by atoms with van der Waals surface area (Å²) in [4.78, 5) is 20.4. The first-order valence-corrected chi connectivity index (χ1v) is 12.1. The Kier molecular flexibility index (Phi) is 6.74. The monoisotopic (exact) mass is 484 g/mol. The molecule has 0 saturated carbocycles. The molecule has 0 unspecified atom stereocenters. The van der Waals surface area contributed by atoms with Crippen LogP contribution >= 0.6 is 0 Å². The summed E-state index contributed by atoms with van der Waals surface area (Å²) in [5, 5.41) is 14.5. The number of hydrogen-bond acceptors (Lipinski definition) is 9. The van der Waals surface area contributed by atoms with Crippen molar-refractivity contribution in [3.63, 3.8) is 0 Å². The maximum absolute atomic E-state index is 13.9. The summed E-state index contributed by atoms with van der Waals surface area (Å²) < 4.78 is 41.8. The van der Waals surface area contributed by atoms with E-state index >= 15 is 0 Å². The number of anilines is 2. The molecule has 12 heteroatoms. The Bertz CT molecular complexity index is 1400. The van der Waals surface area contributed by atoms with E-state index in [9.17, 15) is 13.4 Å². The molecule has 1 saturated heterocycles. The number of rotatable bonds is 8. The number of ether oxygens (including phenoxy) is 2. The van der Waals surface area contributed by atoms with Crippen LogP contribution in [0.15, 0.2) is 41.0 Å². The van der Waals surface area contributed by atoms with Crippen molar-refractivity contribution in [1.29, 1.82) is 5.26 Å². The SMILES string of the molecule is COc1cc(N=S2(=O)CCC2)cc2ncnc(Nc3ccc(F)cc3OCC(=O)NCC#N)c12. The minimum absolute atomic E-state index is 0.0753. The van der Waals surface area contributed by atoms with Crippen molar-refractivity contribution in [2.24, 2.45) is 4.36 Å². The van der Waals surface area contributed by atoms with Crippen LogP contribution in [-0.4, -0.2) is 51.9 Å². The first-order valence-electron chi connectivity index (χ1n) is 10.3. The van der Waals surface area contributed by atoms with Gasteiger partial charge in [0.2, 0.25) is 0 Å². The third kappa shape index (κ3) is 5.15. The lowest BCUT2D eigenvalue weighted by atomic mass is 10.2. The average Bonchev–Trinajstić information content (AvgIpc) is 2.81. The number of fused-ring (bicyclic) bond motifs is 1. The second-order valence-corrected chi connectivity index (χ2v) is 9.92. The fourth-order valence-electron chi connectivity index (χ4n) is 3.30. The van der Waals surface area contributed by atoms with Gasteiger partial charge in [0.1, 0.15) is 36.0 Å². The highest BCUT2D eigenvalue weighted by atomic mass is 32.2. The molecule has 34 heavy (non-hydrogen) atoms. The van der Waals surface area contributed by atoms with Crippen molar-refractivity contribution in [2.75, 3.05) is 37.1 Å². The van der Waals surface area contributed by atoms with Gasteiger partial charge >= 0.3 is 0 Å². The van der Waals surface area contributed by atoms with Crippen LogP contribution in [0.2, 0.25) is 0 Å². The molecular weight excluding hydrogens is 463 g/mol. The Balaban J connectivity index is 1.67. The van der Waals surface area contributed by atoms with E-state index < -0.39 is 28.1 Å². The van der Waals surface area contributed by atoms with Crippen LogP contribution in [-0.2, 0) is 14.5 Å². The lowest BCUT2D eigenvalue weighted by molar-refractivity contribution is -0.122. The number of benzene rings is 2. The van der Waals surface area contributed by atoms with Crippen molar-refractivity contribution in [3.05, 3.63) is 42.5 Å². The Morgan fingerprint density at radius 1 is 1.26 bits per heavy atom. The van der Waals surface area contributed by atoms with E-state index in [1.807, 2.05) is 0 Å². The summed E-state index contributed by atoms with van der Waals surface area (Å²) in [5.41, 5.74) is 1.37. The zero-order chi connectivity index (χ0) is 24.1. The molecule has 1 aliphatic rings. The van der Waals surface area contributed by atoms with Crippen LogP contribution in [0.1, 0.15) is 6.42 Å². The first-order chi connectivity index (χ1) is 16.4. The number of aromatic nitrogens is 2. The van der Waals surface area contributed by atoms with Gasteiger partial charge in [-0.3, -0.25) is 4.79 Å². The zero-order valence-corrected chi connectivity index (χ0v) is 19.0. The molecule has 1 fully saturated rings. The number of nitriles is 1. The van der Waals surface area contributed by atoms with E-state index in [4.69, 9.17) is 14.7 Å². The number of amides is 1. The fourth-order valence-corrected chi connectivity index (χ4v) is 4.76. The van der Waals surface area contributed by atoms with Gasteiger partial charge in [0.05, 0.1) is 45.2 Å². The second-order valence-electron chi connectivity index (χ2n) is 7.38. The molecule has 176 valence electrons. The van der Waals surface area contributed by atoms with E-state index in [2.05, 4.69) is 25.0 Å². The molecule has 3 aromatic rings. The highest BCUT2D eigenvalue weighted by Gasteiger charge is 2.20. The molecule has 0 aliphatic carbocycles. The number of nitrogens with zero attached hydrogens (tertiary/aromatic N) is 4. The molecule has 2 N–H and O–H groups in total. The third-order valence-electron chi connectivity index (χ3n) is 5.02. The summed E-state index contributed by atoms with van der Waals surface area (Å²) in [6, 6.07) is 8.98. The number of carbonyl (C=O) groups excluding carboxylic acids is 1. The Hall–Kier alpha value is -3.98. The number of halogens is 1. The van der Waals surface area contributed by atoms with E-state index in [1.54, 1.807) is 18.2 Å². The van der Waals surface area contributed by atoms with E-state index in [1.165, 1.54) is 25.6 Å². The van der Waals surface area contributed by atoms with Crippen molar-refractivity contribution in [2.45, 2.75) is 6.42 Å². The second kappa shape index (κ2) is 9.88. The molecule has 2 aromatic carbocycles. The van der Waals surface area contributed by atoms with Crippen molar-refractivity contribution in [3.8, 4) is 17.6 Å². The summed E-state index contributed by atoms with van der Waals surface area (Å²) in [6.07, 6.45) is 2.24. The topological polar surface area (TPSA) is 139 Å². The molecule has 0 bridgehead atoms. The zero-order valence-electron chi connectivity index (χ0n) is 18.2. The Labute approximate surface area is 195 Å². The summed E-state index contributed by atoms with van der Waals surface area (Å²) in [7, 11) is -0.725. The predicted octanol–water partition coefficient (Wildman–Crippen LogP) is 3.04. The maximum Gasteiger partial charge on any atom is 0.258 e. The third-order valence-corrected chi connectivity index (χ3v) is 7.42. The molecular formula is C22H21FN6O4S. The minimum Gasteiger partial charge on any atom is -0.496 e. The molecule has 1 aromatic heterocycles. The lowest BCUT2D eigenvalue weighted by Gasteiger charge is -2.18. The van der Waals surface area contributed by atoms with Gasteiger partial charge in [-0.15, -0.1) is 0 Å². The van der Waals surface area contributed by atoms with Gasteiger partial charge in [0.15, 0.2) is 6.61 Å². The highest BCUT2D eigenvalue weighted by molar-refractivity contribution is 7.95. The molecule has 2 heterocycles. The standard InChI is InChI=1S/C22H21FN6O4S/c1-32-19-11-15(29-34(31)7-2-8-34)10-17-21(19)22(27-13-26-17)28-16-4-3-14(23)9-18(16)33-12-20(30)25-6-5-24/h3-4,9-11,13H,2,6-8,12H2,1H3,(H,25,30)(H,26,27,28). The molecule has 1 aliphatic heterocycles. The lowest BCUT2D eigenvalue weighted by Crippen LogP contribution is -2.29. The number of nitrogens with one attached hydrogen (secondary N) is 2. The molecule has 1 amide bonds. The van der Waals surface area contributed by atoms with Gasteiger partial charge < -0.3 is 20.1 Å². The summed E-state index contributed by atoms with van der Waals surface area (Å²) in [6.45, 7) is -0.565. The molecule has 0 radical (unpaired) electrons. The molecule has 10 nitrogen and oxygen atoms in total. The smallest absolute Gasteiger partial charge is 0.258 e. The molecule has 4 rings (SSSR count). The van der Waals surface area contributed by atoms with Crippen LogP contribution in [0, 0.1) is 17.1 Å². The Morgan fingerprint density at radius 2 is 2.09 bits per heavy atom. The van der Waals surface area contributed by atoms with E-state index in [0.717, 1.165) is 12.5 Å². The van der Waals surface area contributed by atoms with E-state index in [0.29, 0.717) is 45.4 Å². The minimum atomic E-state index is -2.22. The van der Waals surface area contributed by atoms with Crippen molar-refractivity contribution >= 4 is 43.7 Å². The van der Waals surface area contributed by atoms with Gasteiger partial charge in [-0.25, -0.2) is 18.6 Å². The van der Waals surface area contributed by atoms with Gasteiger partial charge in [0.25, 0.3) is 5.91 Å². The highest BCUT2D eigenvalue weighted by Crippen LogP contribution is 2.37. The molecule has 0 atom stereocenters. The van der Waals surface area contributed by atoms with Gasteiger partial charge in [-0.05, 0) is 24.6 Å². The van der Waals surface area contributed by atoms with Gasteiger partial charge in [0, 0.05) is 23.6 Å². The fraction of sp³-hybridized carbons (Fsp3) is 0.273. The predicted molar refractivity (Wildman–Crippen MR) is 124 cm³/mol. The van der Waals surface area contributed by atoms with E-state index in [-0.39, 0.29) is 12.3 Å². The number of methoxy groups -OCH3 is 1. The van der Waals surface area contributed by atoms with Gasteiger partial charge in [-0.1, -0.05) is 0 Å². The van der Waals surface area contributed by atoms with Crippen LogP contribution in [0.3, 0.4) is 0 Å². The first kappa shape index (κ1) is 23.2.